The van der Waals surface area contributed by atoms with Crippen molar-refractivity contribution in [3.63, 3.8) is 0 Å². The van der Waals surface area contributed by atoms with Gasteiger partial charge in [0.15, 0.2) is 0 Å². The Morgan fingerprint density at radius 3 is 2.42 bits per heavy atom. The van der Waals surface area contributed by atoms with E-state index >= 15 is 0 Å². The van der Waals surface area contributed by atoms with Crippen LogP contribution < -0.4 is 0 Å². The van der Waals surface area contributed by atoms with Crippen LogP contribution in [0.1, 0.15) is 52.4 Å². The third-order valence-electron chi connectivity index (χ3n) is 1.90. The zero-order chi connectivity index (χ0) is 9.23. The van der Waals surface area contributed by atoms with Crippen LogP contribution in [0.15, 0.2) is 12.2 Å². The van der Waals surface area contributed by atoms with Crippen LogP contribution in [0.25, 0.3) is 0 Å². The topological polar surface area (TPSA) is 0 Å². The van der Waals surface area contributed by atoms with Crippen molar-refractivity contribution >= 4 is 15.9 Å². The Morgan fingerprint density at radius 2 is 1.83 bits per heavy atom. The monoisotopic (exact) mass is 232 g/mol. The highest BCUT2D eigenvalue weighted by Gasteiger charge is 1.96. The number of hydrogen-bond acceptors (Lipinski definition) is 0. The molecule has 1 atom stereocenters. The Hall–Kier alpha value is 0.220. The number of halogens is 1. The van der Waals surface area contributed by atoms with E-state index in [1.165, 1.54) is 38.5 Å². The highest BCUT2D eigenvalue weighted by atomic mass is 79.9. The SMILES string of the molecule is CCCCC=CC(Br)CCCC. The fourth-order valence-corrected chi connectivity index (χ4v) is 1.60. The average Bonchev–Trinajstić information content (AvgIpc) is 2.09. The van der Waals surface area contributed by atoms with Crippen molar-refractivity contribution in [1.29, 1.82) is 0 Å². The quantitative estimate of drug-likeness (QED) is 0.340. The minimum atomic E-state index is 0.606. The molecule has 0 fully saturated rings. The first kappa shape index (κ1) is 12.2. The van der Waals surface area contributed by atoms with Crippen LogP contribution >= 0.6 is 15.9 Å². The van der Waals surface area contributed by atoms with E-state index in [2.05, 4.69) is 41.9 Å². The first-order chi connectivity index (χ1) is 5.81. The maximum Gasteiger partial charge on any atom is 0.0325 e. The minimum Gasteiger partial charge on any atom is -0.0874 e. The fourth-order valence-electron chi connectivity index (χ4n) is 1.06. The maximum absolute atomic E-state index is 3.64. The molecule has 0 aliphatic carbocycles. The molecule has 72 valence electrons. The van der Waals surface area contributed by atoms with Gasteiger partial charge in [0.25, 0.3) is 0 Å². The van der Waals surface area contributed by atoms with Gasteiger partial charge in [-0.05, 0) is 12.8 Å². The lowest BCUT2D eigenvalue weighted by Crippen LogP contribution is -1.91. The van der Waals surface area contributed by atoms with Gasteiger partial charge in [-0.25, -0.2) is 0 Å². The minimum absolute atomic E-state index is 0.606. The third-order valence-corrected chi connectivity index (χ3v) is 2.67. The van der Waals surface area contributed by atoms with Crippen molar-refractivity contribution in [1.82, 2.24) is 0 Å². The molecule has 0 heterocycles. The van der Waals surface area contributed by atoms with Gasteiger partial charge in [0, 0.05) is 4.83 Å². The molecule has 0 N–H and O–H groups in total. The van der Waals surface area contributed by atoms with Crippen molar-refractivity contribution in [2.75, 3.05) is 0 Å². The van der Waals surface area contributed by atoms with Crippen LogP contribution in [-0.2, 0) is 0 Å². The molecule has 0 aliphatic rings. The number of allylic oxidation sites excluding steroid dienone is 2. The zero-order valence-corrected chi connectivity index (χ0v) is 9.94. The van der Waals surface area contributed by atoms with Gasteiger partial charge in [0.05, 0.1) is 0 Å². The summed E-state index contributed by atoms with van der Waals surface area (Å²) in [6.07, 6.45) is 12.4. The van der Waals surface area contributed by atoms with Gasteiger partial charge in [0.2, 0.25) is 0 Å². The summed E-state index contributed by atoms with van der Waals surface area (Å²) in [6, 6.07) is 0. The summed E-state index contributed by atoms with van der Waals surface area (Å²) >= 11 is 3.64. The summed E-state index contributed by atoms with van der Waals surface area (Å²) in [5.41, 5.74) is 0. The summed E-state index contributed by atoms with van der Waals surface area (Å²) in [4.78, 5) is 0.606. The molecule has 0 aromatic heterocycles. The van der Waals surface area contributed by atoms with Gasteiger partial charge < -0.3 is 0 Å². The average molecular weight is 233 g/mol. The molecule has 0 aromatic carbocycles. The lowest BCUT2D eigenvalue weighted by molar-refractivity contribution is 0.739. The van der Waals surface area contributed by atoms with E-state index in [9.17, 15) is 0 Å². The van der Waals surface area contributed by atoms with E-state index in [1.54, 1.807) is 0 Å². The van der Waals surface area contributed by atoms with Crippen molar-refractivity contribution in [3.05, 3.63) is 12.2 Å². The second-order valence-corrected chi connectivity index (χ2v) is 4.40. The molecule has 1 unspecified atom stereocenters. The molecule has 0 radical (unpaired) electrons. The lowest BCUT2D eigenvalue weighted by Gasteiger charge is -2.01. The van der Waals surface area contributed by atoms with Crippen LogP contribution in [-0.4, -0.2) is 4.83 Å². The van der Waals surface area contributed by atoms with E-state index in [4.69, 9.17) is 0 Å². The van der Waals surface area contributed by atoms with E-state index in [0.717, 1.165) is 0 Å². The lowest BCUT2D eigenvalue weighted by atomic mass is 10.2. The summed E-state index contributed by atoms with van der Waals surface area (Å²) in [5, 5.41) is 0. The molecule has 1 heteroatoms. The standard InChI is InChI=1S/C11H21Br/c1-3-5-7-8-10-11(12)9-6-4-2/h8,10-11H,3-7,9H2,1-2H3. The number of alkyl halides is 1. The Bertz CT molecular complexity index is 108. The molecular formula is C11H21Br. The summed E-state index contributed by atoms with van der Waals surface area (Å²) in [7, 11) is 0. The molecule has 0 aromatic rings. The van der Waals surface area contributed by atoms with Crippen LogP contribution in [0.4, 0.5) is 0 Å². The first-order valence-electron chi connectivity index (χ1n) is 5.12. The molecule has 0 aliphatic heterocycles. The van der Waals surface area contributed by atoms with Gasteiger partial charge in [-0.2, -0.15) is 0 Å². The molecule has 0 bridgehead atoms. The van der Waals surface area contributed by atoms with Crippen LogP contribution in [0.2, 0.25) is 0 Å². The van der Waals surface area contributed by atoms with Gasteiger partial charge in [-0.15, -0.1) is 0 Å². The van der Waals surface area contributed by atoms with Gasteiger partial charge >= 0.3 is 0 Å². The Labute approximate surface area is 85.6 Å². The second-order valence-electron chi connectivity index (χ2n) is 3.23. The Balaban J connectivity index is 3.27. The molecule has 0 saturated heterocycles. The van der Waals surface area contributed by atoms with Crippen LogP contribution in [0, 0.1) is 0 Å². The number of hydrogen-bond donors (Lipinski definition) is 0. The van der Waals surface area contributed by atoms with Gasteiger partial charge in [-0.1, -0.05) is 67.6 Å². The third kappa shape index (κ3) is 8.32. The molecule has 12 heavy (non-hydrogen) atoms. The van der Waals surface area contributed by atoms with Crippen molar-refractivity contribution in [2.45, 2.75) is 57.2 Å². The maximum atomic E-state index is 3.64. The van der Waals surface area contributed by atoms with Crippen LogP contribution in [0.5, 0.6) is 0 Å². The smallest absolute Gasteiger partial charge is 0.0325 e. The van der Waals surface area contributed by atoms with Crippen molar-refractivity contribution in [2.24, 2.45) is 0 Å². The van der Waals surface area contributed by atoms with Gasteiger partial charge in [0.1, 0.15) is 0 Å². The van der Waals surface area contributed by atoms with Crippen molar-refractivity contribution in [3.8, 4) is 0 Å². The Morgan fingerprint density at radius 1 is 1.17 bits per heavy atom. The van der Waals surface area contributed by atoms with Gasteiger partial charge in [-0.3, -0.25) is 0 Å². The summed E-state index contributed by atoms with van der Waals surface area (Å²) in [6.45, 7) is 4.47. The second kappa shape index (κ2) is 9.31. The molecule has 0 rings (SSSR count). The predicted octanol–water partition coefficient (Wildman–Crippen LogP) is 4.69. The first-order valence-corrected chi connectivity index (χ1v) is 6.03. The highest BCUT2D eigenvalue weighted by molar-refractivity contribution is 9.09. The Kier molecular flexibility index (Phi) is 9.48. The molecule has 0 amide bonds. The molecule has 0 saturated carbocycles. The summed E-state index contributed by atoms with van der Waals surface area (Å²) in [5.74, 6) is 0. The molecule has 0 spiro atoms. The molecule has 0 nitrogen and oxygen atoms in total. The van der Waals surface area contributed by atoms with Crippen LogP contribution in [0.3, 0.4) is 0 Å². The highest BCUT2D eigenvalue weighted by Crippen LogP contribution is 2.11. The van der Waals surface area contributed by atoms with E-state index in [-0.39, 0.29) is 0 Å². The van der Waals surface area contributed by atoms with E-state index in [1.807, 2.05) is 0 Å². The largest absolute Gasteiger partial charge is 0.0874 e. The number of unbranched alkanes of at least 4 members (excludes halogenated alkanes) is 3. The number of rotatable bonds is 7. The fraction of sp³-hybridized carbons (Fsp3) is 0.818. The predicted molar refractivity (Wildman–Crippen MR) is 60.9 cm³/mol. The summed E-state index contributed by atoms with van der Waals surface area (Å²) < 4.78 is 0. The van der Waals surface area contributed by atoms with E-state index < -0.39 is 0 Å². The molecular weight excluding hydrogens is 212 g/mol. The van der Waals surface area contributed by atoms with E-state index in [0.29, 0.717) is 4.83 Å². The van der Waals surface area contributed by atoms with Crippen molar-refractivity contribution < 1.29 is 0 Å². The zero-order valence-electron chi connectivity index (χ0n) is 8.35. The normalized spacial score (nSPS) is 13.9.